The Hall–Kier alpha value is -2.02. The lowest BCUT2D eigenvalue weighted by Gasteiger charge is -2.32. The minimum absolute atomic E-state index is 0.0842. The summed E-state index contributed by atoms with van der Waals surface area (Å²) in [5, 5.41) is 4.07. The number of nitrogens with one attached hydrogen (secondary N) is 1. The first-order chi connectivity index (χ1) is 15.9. The van der Waals surface area contributed by atoms with Gasteiger partial charge in [0, 0.05) is 28.7 Å². The van der Waals surface area contributed by atoms with Gasteiger partial charge < -0.3 is 5.32 Å². The van der Waals surface area contributed by atoms with Crippen LogP contribution in [0.4, 0.5) is 11.4 Å². The predicted octanol–water partition coefficient (Wildman–Crippen LogP) is 7.23. The van der Waals surface area contributed by atoms with Gasteiger partial charge in [0.2, 0.25) is 11.8 Å². The molecule has 0 bridgehead atoms. The largest absolute Gasteiger partial charge is 0.325 e. The molecule has 5 nitrogen and oxygen atoms in total. The van der Waals surface area contributed by atoms with Crippen molar-refractivity contribution in [3.63, 3.8) is 0 Å². The summed E-state index contributed by atoms with van der Waals surface area (Å²) in [4.78, 5) is 32.4. The second-order valence-corrected chi connectivity index (χ2v) is 10.1. The first kappa shape index (κ1) is 25.6. The van der Waals surface area contributed by atoms with Crippen molar-refractivity contribution < 1.29 is 9.59 Å². The molecule has 176 valence electrons. The van der Waals surface area contributed by atoms with E-state index in [1.165, 1.54) is 24.6 Å². The third-order valence-corrected chi connectivity index (χ3v) is 7.26. The average molecular weight is 506 g/mol. The predicted molar refractivity (Wildman–Crippen MR) is 140 cm³/mol. The summed E-state index contributed by atoms with van der Waals surface area (Å²) in [5.74, 6) is -0.321. The van der Waals surface area contributed by atoms with E-state index in [4.69, 9.17) is 28.2 Å². The zero-order valence-electron chi connectivity index (χ0n) is 18.9. The van der Waals surface area contributed by atoms with Crippen LogP contribution in [-0.2, 0) is 9.59 Å². The third-order valence-electron chi connectivity index (χ3n) is 5.41. The molecule has 1 aliphatic heterocycles. The molecule has 1 aliphatic rings. The van der Waals surface area contributed by atoms with E-state index in [2.05, 4.69) is 12.2 Å². The van der Waals surface area contributed by atoms with Crippen molar-refractivity contribution >= 4 is 63.3 Å². The van der Waals surface area contributed by atoms with Crippen LogP contribution in [0.2, 0.25) is 10.0 Å². The zero-order chi connectivity index (χ0) is 23.8. The van der Waals surface area contributed by atoms with Crippen LogP contribution in [0.25, 0.3) is 0 Å². The fourth-order valence-corrected chi connectivity index (χ4v) is 4.89. The summed E-state index contributed by atoms with van der Waals surface area (Å²) in [6.07, 6.45) is 5.62. The van der Waals surface area contributed by atoms with Gasteiger partial charge in [-0.05, 0) is 55.3 Å². The van der Waals surface area contributed by atoms with Gasteiger partial charge in [-0.1, -0.05) is 73.6 Å². The molecule has 1 N–H and O–H groups in total. The number of carbonyl (C=O) groups is 2. The van der Waals surface area contributed by atoms with Gasteiger partial charge in [0.05, 0.1) is 5.69 Å². The normalized spacial score (nSPS) is 17.5. The molecule has 0 radical (unpaired) electrons. The van der Waals surface area contributed by atoms with Crippen LogP contribution in [0.3, 0.4) is 0 Å². The number of aryl methyl sites for hydroxylation is 1. The van der Waals surface area contributed by atoms with Crippen molar-refractivity contribution in [3.05, 3.63) is 58.1 Å². The molecule has 1 saturated heterocycles. The number of amidine groups is 1. The zero-order valence-corrected chi connectivity index (χ0v) is 21.3. The van der Waals surface area contributed by atoms with Gasteiger partial charge in [-0.25, -0.2) is 4.99 Å². The minimum Gasteiger partial charge on any atom is -0.325 e. The summed E-state index contributed by atoms with van der Waals surface area (Å²) in [6, 6.07) is 12.5. The summed E-state index contributed by atoms with van der Waals surface area (Å²) < 4.78 is 0. The molecule has 2 aromatic rings. The lowest BCUT2D eigenvalue weighted by atomic mass is 10.1. The van der Waals surface area contributed by atoms with Crippen molar-refractivity contribution in [2.24, 2.45) is 4.99 Å². The highest BCUT2D eigenvalue weighted by atomic mass is 35.5. The summed E-state index contributed by atoms with van der Waals surface area (Å²) in [7, 11) is 0. The Bertz CT molecular complexity index is 1010. The van der Waals surface area contributed by atoms with Crippen LogP contribution in [0.5, 0.6) is 0 Å². The molecule has 1 heterocycles. The first-order valence-corrected chi connectivity index (χ1v) is 12.9. The fraction of sp³-hybridized carbons (Fsp3) is 0.400. The molecule has 0 aliphatic carbocycles. The first-order valence-electron chi connectivity index (χ1n) is 11.3. The molecule has 8 heteroatoms. The highest BCUT2D eigenvalue weighted by Crippen LogP contribution is 2.31. The van der Waals surface area contributed by atoms with Gasteiger partial charge in [-0.15, -0.1) is 0 Å². The summed E-state index contributed by atoms with van der Waals surface area (Å²) in [5.41, 5.74) is 2.24. The standard InChI is InChI=1S/C25H29Cl2N3O2S/c1-3-4-5-6-7-14-30-23(31)16-22(24(32)28-20-11-8-17(2)21(27)15-20)33-25(30)29-19-12-9-18(26)10-13-19/h8-13,15,22H,3-7,14,16H2,1-2H3,(H,28,32). The van der Waals surface area contributed by atoms with Gasteiger partial charge in [-0.2, -0.15) is 0 Å². The van der Waals surface area contributed by atoms with Gasteiger partial charge in [0.15, 0.2) is 5.17 Å². The minimum atomic E-state index is -0.569. The Labute approximate surface area is 209 Å². The average Bonchev–Trinajstić information content (AvgIpc) is 2.79. The number of hydrogen-bond acceptors (Lipinski definition) is 4. The van der Waals surface area contributed by atoms with Gasteiger partial charge in [0.25, 0.3) is 0 Å². The van der Waals surface area contributed by atoms with Crippen LogP contribution in [0.1, 0.15) is 51.0 Å². The summed E-state index contributed by atoms with van der Waals surface area (Å²) in [6.45, 7) is 4.68. The summed E-state index contributed by atoms with van der Waals surface area (Å²) >= 11 is 13.5. The van der Waals surface area contributed by atoms with Crippen LogP contribution < -0.4 is 5.32 Å². The van der Waals surface area contributed by atoms with E-state index in [0.29, 0.717) is 33.1 Å². The van der Waals surface area contributed by atoms with Gasteiger partial charge in [0.1, 0.15) is 5.25 Å². The topological polar surface area (TPSA) is 61.8 Å². The highest BCUT2D eigenvalue weighted by molar-refractivity contribution is 8.15. The van der Waals surface area contributed by atoms with Crippen molar-refractivity contribution in [3.8, 4) is 0 Å². The number of aliphatic imine (C=N–C) groups is 1. The number of halogens is 2. The van der Waals surface area contributed by atoms with Gasteiger partial charge >= 0.3 is 0 Å². The highest BCUT2D eigenvalue weighted by Gasteiger charge is 2.35. The maximum atomic E-state index is 13.0. The number of thioether (sulfide) groups is 1. The molecule has 3 rings (SSSR count). The maximum absolute atomic E-state index is 13.0. The van der Waals surface area contributed by atoms with E-state index in [1.807, 2.05) is 13.0 Å². The number of rotatable bonds is 9. The number of unbranched alkanes of at least 4 members (excludes halogenated alkanes) is 4. The van der Waals surface area contributed by atoms with E-state index in [9.17, 15) is 9.59 Å². The Kier molecular flexibility index (Phi) is 9.65. The van der Waals surface area contributed by atoms with E-state index < -0.39 is 5.25 Å². The van der Waals surface area contributed by atoms with Crippen molar-refractivity contribution in [1.29, 1.82) is 0 Å². The second kappa shape index (κ2) is 12.4. The van der Waals surface area contributed by atoms with E-state index in [1.54, 1.807) is 41.3 Å². The molecule has 0 spiro atoms. The van der Waals surface area contributed by atoms with Crippen molar-refractivity contribution in [2.45, 2.75) is 57.6 Å². The van der Waals surface area contributed by atoms with Crippen molar-refractivity contribution in [1.82, 2.24) is 4.90 Å². The Morgan fingerprint density at radius 3 is 2.55 bits per heavy atom. The number of nitrogens with zero attached hydrogens (tertiary/aromatic N) is 2. The molecular formula is C25H29Cl2N3O2S. The second-order valence-electron chi connectivity index (χ2n) is 8.09. The SMILES string of the molecule is CCCCCCCN1C(=O)CC(C(=O)Nc2ccc(C)c(Cl)c2)SC1=Nc1ccc(Cl)cc1. The Balaban J connectivity index is 1.75. The molecule has 33 heavy (non-hydrogen) atoms. The Morgan fingerprint density at radius 1 is 1.12 bits per heavy atom. The van der Waals surface area contributed by atoms with Crippen LogP contribution in [-0.4, -0.2) is 33.7 Å². The third kappa shape index (κ3) is 7.49. The fourth-order valence-electron chi connectivity index (χ4n) is 3.45. The number of carbonyl (C=O) groups excluding carboxylic acids is 2. The number of benzene rings is 2. The smallest absolute Gasteiger partial charge is 0.238 e. The van der Waals surface area contributed by atoms with Crippen LogP contribution in [0, 0.1) is 6.92 Å². The lowest BCUT2D eigenvalue weighted by Crippen LogP contribution is -2.45. The molecule has 0 saturated carbocycles. The van der Waals surface area contributed by atoms with E-state index in [-0.39, 0.29) is 18.2 Å². The van der Waals surface area contributed by atoms with Crippen LogP contribution in [0.15, 0.2) is 47.5 Å². The number of hydrogen-bond donors (Lipinski definition) is 1. The molecule has 1 unspecified atom stereocenters. The van der Waals surface area contributed by atoms with E-state index >= 15 is 0 Å². The molecule has 2 aromatic carbocycles. The molecule has 1 atom stereocenters. The number of amides is 2. The Morgan fingerprint density at radius 2 is 1.85 bits per heavy atom. The quantitative estimate of drug-likeness (QED) is 0.365. The maximum Gasteiger partial charge on any atom is 0.238 e. The molecule has 1 fully saturated rings. The molecule has 2 amide bonds. The molecule has 0 aromatic heterocycles. The van der Waals surface area contributed by atoms with Gasteiger partial charge in [-0.3, -0.25) is 14.5 Å². The van der Waals surface area contributed by atoms with Crippen LogP contribution >= 0.6 is 35.0 Å². The van der Waals surface area contributed by atoms with Crippen molar-refractivity contribution in [2.75, 3.05) is 11.9 Å². The number of anilines is 1. The monoisotopic (exact) mass is 505 g/mol. The lowest BCUT2D eigenvalue weighted by molar-refractivity contribution is -0.129. The van der Waals surface area contributed by atoms with E-state index in [0.717, 1.165) is 24.8 Å². The molecular weight excluding hydrogens is 477 g/mol.